The number of nitrogens with zero attached hydrogens (tertiary/aromatic N) is 2. The predicted octanol–water partition coefficient (Wildman–Crippen LogP) is 2.34. The lowest BCUT2D eigenvalue weighted by molar-refractivity contribution is -0.128. The maximum atomic E-state index is 12.8. The number of amides is 2. The van der Waals surface area contributed by atoms with E-state index in [2.05, 4.69) is 0 Å². The molecule has 1 aliphatic heterocycles. The van der Waals surface area contributed by atoms with Gasteiger partial charge in [-0.25, -0.2) is 0 Å². The third kappa shape index (κ3) is 4.32. The quantitative estimate of drug-likeness (QED) is 0.768. The largest absolute Gasteiger partial charge is 0.497 e. The third-order valence-corrected chi connectivity index (χ3v) is 4.34. The van der Waals surface area contributed by atoms with Crippen molar-refractivity contribution in [3.8, 4) is 11.5 Å². The fourth-order valence-corrected chi connectivity index (χ4v) is 2.90. The average Bonchev–Trinajstić information content (AvgIpc) is 2.66. The van der Waals surface area contributed by atoms with E-state index in [0.717, 1.165) is 12.0 Å². The highest BCUT2D eigenvalue weighted by Crippen LogP contribution is 2.26. The highest BCUT2D eigenvalue weighted by molar-refractivity contribution is 5.97. The van der Waals surface area contributed by atoms with Crippen molar-refractivity contribution >= 4 is 11.8 Å². The summed E-state index contributed by atoms with van der Waals surface area (Å²) in [6, 6.07) is 5.16. The zero-order chi connectivity index (χ0) is 18.4. The molecule has 1 fully saturated rings. The molecular formula is C19H26N2O4. The molecule has 1 aromatic rings. The van der Waals surface area contributed by atoms with E-state index in [1.165, 1.54) is 7.11 Å². The number of piperazine rings is 1. The Morgan fingerprint density at radius 2 is 1.72 bits per heavy atom. The summed E-state index contributed by atoms with van der Waals surface area (Å²) in [6.07, 6.45) is 2.77. The number of carbonyl (C=O) groups is 2. The van der Waals surface area contributed by atoms with Gasteiger partial charge in [-0.2, -0.15) is 0 Å². The van der Waals surface area contributed by atoms with Crippen molar-refractivity contribution in [2.75, 3.05) is 40.4 Å². The molecule has 0 atom stereocenters. The van der Waals surface area contributed by atoms with E-state index in [0.29, 0.717) is 43.2 Å². The summed E-state index contributed by atoms with van der Waals surface area (Å²) in [5, 5.41) is 0. The van der Waals surface area contributed by atoms with Gasteiger partial charge < -0.3 is 19.3 Å². The second kappa shape index (κ2) is 8.55. The Kier molecular flexibility index (Phi) is 6.44. The molecule has 0 saturated carbocycles. The second-order valence-electron chi connectivity index (χ2n) is 5.95. The molecule has 1 aromatic carbocycles. The van der Waals surface area contributed by atoms with Crippen LogP contribution in [0.15, 0.2) is 29.8 Å². The van der Waals surface area contributed by atoms with Gasteiger partial charge >= 0.3 is 0 Å². The number of benzene rings is 1. The topological polar surface area (TPSA) is 59.1 Å². The number of hydrogen-bond acceptors (Lipinski definition) is 4. The fraction of sp³-hybridized carbons (Fsp3) is 0.474. The van der Waals surface area contributed by atoms with Crippen molar-refractivity contribution in [1.29, 1.82) is 0 Å². The number of rotatable bonds is 5. The minimum Gasteiger partial charge on any atom is -0.497 e. The minimum absolute atomic E-state index is 0.0518. The molecule has 0 bridgehead atoms. The second-order valence-corrected chi connectivity index (χ2v) is 5.95. The van der Waals surface area contributed by atoms with Crippen molar-refractivity contribution in [3.05, 3.63) is 35.4 Å². The maximum Gasteiger partial charge on any atom is 0.257 e. The first-order valence-corrected chi connectivity index (χ1v) is 8.49. The van der Waals surface area contributed by atoms with Crippen LogP contribution in [0.4, 0.5) is 0 Å². The molecule has 6 heteroatoms. The number of ether oxygens (including phenoxy) is 2. The molecule has 2 amide bonds. The maximum absolute atomic E-state index is 12.8. The molecule has 0 N–H and O–H groups in total. The molecule has 25 heavy (non-hydrogen) atoms. The molecule has 2 rings (SSSR count). The summed E-state index contributed by atoms with van der Waals surface area (Å²) in [5.41, 5.74) is 1.27. The molecule has 0 spiro atoms. The van der Waals surface area contributed by atoms with Gasteiger partial charge in [0, 0.05) is 37.8 Å². The van der Waals surface area contributed by atoms with Gasteiger partial charge in [-0.05, 0) is 25.5 Å². The van der Waals surface area contributed by atoms with E-state index in [1.807, 2.05) is 19.9 Å². The zero-order valence-corrected chi connectivity index (χ0v) is 15.4. The monoisotopic (exact) mass is 346 g/mol. The SMILES string of the molecule is CC/C=C(\C)C(=O)N1CCN(C(=O)c2ccc(OC)cc2OC)CC1. The molecule has 6 nitrogen and oxygen atoms in total. The van der Waals surface area contributed by atoms with Crippen LogP contribution in [0.1, 0.15) is 30.6 Å². The summed E-state index contributed by atoms with van der Waals surface area (Å²) in [7, 11) is 3.10. The van der Waals surface area contributed by atoms with E-state index in [-0.39, 0.29) is 11.8 Å². The van der Waals surface area contributed by atoms with Gasteiger partial charge in [-0.15, -0.1) is 0 Å². The summed E-state index contributed by atoms with van der Waals surface area (Å²) in [5.74, 6) is 1.09. The molecule has 1 aliphatic rings. The Balaban J connectivity index is 2.04. The number of methoxy groups -OCH3 is 2. The van der Waals surface area contributed by atoms with Gasteiger partial charge in [0.25, 0.3) is 5.91 Å². The molecule has 0 aromatic heterocycles. The Morgan fingerprint density at radius 3 is 2.28 bits per heavy atom. The number of carbonyl (C=O) groups excluding carboxylic acids is 2. The predicted molar refractivity (Wildman–Crippen MR) is 96.1 cm³/mol. The van der Waals surface area contributed by atoms with Crippen LogP contribution >= 0.6 is 0 Å². The van der Waals surface area contributed by atoms with Crippen molar-refractivity contribution < 1.29 is 19.1 Å². The van der Waals surface area contributed by atoms with Crippen LogP contribution < -0.4 is 9.47 Å². The minimum atomic E-state index is -0.0903. The highest BCUT2D eigenvalue weighted by atomic mass is 16.5. The lowest BCUT2D eigenvalue weighted by atomic mass is 10.1. The van der Waals surface area contributed by atoms with E-state index < -0.39 is 0 Å². The van der Waals surface area contributed by atoms with Gasteiger partial charge in [-0.3, -0.25) is 9.59 Å². The molecule has 0 unspecified atom stereocenters. The smallest absolute Gasteiger partial charge is 0.257 e. The van der Waals surface area contributed by atoms with Crippen LogP contribution in [0, 0.1) is 0 Å². The molecule has 136 valence electrons. The first-order valence-electron chi connectivity index (χ1n) is 8.49. The van der Waals surface area contributed by atoms with Gasteiger partial charge in [-0.1, -0.05) is 13.0 Å². The first-order chi connectivity index (χ1) is 12.0. The van der Waals surface area contributed by atoms with Gasteiger partial charge in [0.2, 0.25) is 5.91 Å². The molecule has 1 heterocycles. The molecular weight excluding hydrogens is 320 g/mol. The van der Waals surface area contributed by atoms with E-state index in [4.69, 9.17) is 9.47 Å². The Labute approximate surface area is 149 Å². The molecule has 0 radical (unpaired) electrons. The fourth-order valence-electron chi connectivity index (χ4n) is 2.90. The Bertz CT molecular complexity index is 661. The number of allylic oxidation sites excluding steroid dienone is 1. The van der Waals surface area contributed by atoms with Crippen LogP contribution in [0.5, 0.6) is 11.5 Å². The van der Waals surface area contributed by atoms with Crippen molar-refractivity contribution in [1.82, 2.24) is 9.80 Å². The lowest BCUT2D eigenvalue weighted by Crippen LogP contribution is -2.50. The van der Waals surface area contributed by atoms with Crippen molar-refractivity contribution in [2.24, 2.45) is 0 Å². The summed E-state index contributed by atoms with van der Waals surface area (Å²) in [6.45, 7) is 5.95. The van der Waals surface area contributed by atoms with Crippen molar-refractivity contribution in [3.63, 3.8) is 0 Å². The van der Waals surface area contributed by atoms with Gasteiger partial charge in [0.05, 0.1) is 19.8 Å². The van der Waals surface area contributed by atoms with Gasteiger partial charge in [0.15, 0.2) is 0 Å². The highest BCUT2D eigenvalue weighted by Gasteiger charge is 2.26. The average molecular weight is 346 g/mol. The van der Waals surface area contributed by atoms with Crippen molar-refractivity contribution in [2.45, 2.75) is 20.3 Å². The summed E-state index contributed by atoms with van der Waals surface area (Å²) < 4.78 is 10.5. The first kappa shape index (κ1) is 18.8. The number of hydrogen-bond donors (Lipinski definition) is 0. The summed E-state index contributed by atoms with van der Waals surface area (Å²) in [4.78, 5) is 28.7. The van der Waals surface area contributed by atoms with E-state index in [1.54, 1.807) is 35.1 Å². The van der Waals surface area contributed by atoms with Crippen LogP contribution in [-0.2, 0) is 4.79 Å². The Morgan fingerprint density at radius 1 is 1.08 bits per heavy atom. The molecule has 0 aliphatic carbocycles. The van der Waals surface area contributed by atoms with Gasteiger partial charge in [0.1, 0.15) is 11.5 Å². The van der Waals surface area contributed by atoms with E-state index >= 15 is 0 Å². The molecule has 1 saturated heterocycles. The van der Waals surface area contributed by atoms with Crippen LogP contribution in [0.25, 0.3) is 0 Å². The standard InChI is InChI=1S/C19H26N2O4/c1-5-6-14(2)18(22)20-9-11-21(12-10-20)19(23)16-8-7-15(24-3)13-17(16)25-4/h6-8,13H,5,9-12H2,1-4H3/b14-6+. The van der Waals surface area contributed by atoms with Crippen LogP contribution in [-0.4, -0.2) is 62.0 Å². The van der Waals surface area contributed by atoms with Crippen LogP contribution in [0.3, 0.4) is 0 Å². The lowest BCUT2D eigenvalue weighted by Gasteiger charge is -2.35. The summed E-state index contributed by atoms with van der Waals surface area (Å²) >= 11 is 0. The Hall–Kier alpha value is -2.50. The van der Waals surface area contributed by atoms with Crippen LogP contribution in [0.2, 0.25) is 0 Å². The van der Waals surface area contributed by atoms with E-state index in [9.17, 15) is 9.59 Å². The third-order valence-electron chi connectivity index (χ3n) is 4.34. The normalized spacial score (nSPS) is 15.1. The zero-order valence-electron chi connectivity index (χ0n) is 15.4.